The number of anilines is 1. The van der Waals surface area contributed by atoms with E-state index in [9.17, 15) is 9.59 Å². The number of aryl methyl sites for hydroxylation is 2. The molecule has 1 aromatic carbocycles. The van der Waals surface area contributed by atoms with E-state index in [1.54, 1.807) is 28.9 Å². The van der Waals surface area contributed by atoms with Crippen LogP contribution in [0, 0.1) is 13.8 Å². The molecule has 0 N–H and O–H groups in total. The van der Waals surface area contributed by atoms with Gasteiger partial charge < -0.3 is 14.2 Å². The number of benzene rings is 1. The van der Waals surface area contributed by atoms with Crippen LogP contribution in [0.3, 0.4) is 0 Å². The minimum absolute atomic E-state index is 0.0666. The molecule has 0 aliphatic carbocycles. The predicted molar refractivity (Wildman–Crippen MR) is 87.5 cm³/mol. The van der Waals surface area contributed by atoms with Crippen LogP contribution in [-0.2, 0) is 4.79 Å². The van der Waals surface area contributed by atoms with Gasteiger partial charge in [-0.3, -0.25) is 9.59 Å². The molecule has 1 aromatic heterocycles. The SMILES string of the molecule is Cc1ccc(N2CCN(C(=O)c3ccco3)[C@H](C)C2=O)c(C)c1. The zero-order valence-corrected chi connectivity index (χ0v) is 13.6. The Kier molecular flexibility index (Phi) is 3.94. The molecule has 2 heterocycles. The van der Waals surface area contributed by atoms with Crippen molar-refractivity contribution in [3.8, 4) is 0 Å². The summed E-state index contributed by atoms with van der Waals surface area (Å²) in [7, 11) is 0. The first-order valence-electron chi connectivity index (χ1n) is 7.72. The van der Waals surface area contributed by atoms with E-state index in [0.717, 1.165) is 11.3 Å². The van der Waals surface area contributed by atoms with Gasteiger partial charge in [-0.05, 0) is 44.5 Å². The van der Waals surface area contributed by atoms with Gasteiger partial charge in [0.1, 0.15) is 6.04 Å². The number of nitrogens with zero attached hydrogens (tertiary/aromatic N) is 2. The van der Waals surface area contributed by atoms with Crippen molar-refractivity contribution in [3.05, 3.63) is 53.5 Å². The molecule has 2 amide bonds. The van der Waals surface area contributed by atoms with Crippen molar-refractivity contribution < 1.29 is 14.0 Å². The van der Waals surface area contributed by atoms with E-state index >= 15 is 0 Å². The largest absolute Gasteiger partial charge is 0.459 e. The highest BCUT2D eigenvalue weighted by atomic mass is 16.3. The number of amides is 2. The molecule has 0 radical (unpaired) electrons. The highest BCUT2D eigenvalue weighted by Crippen LogP contribution is 2.25. The van der Waals surface area contributed by atoms with Gasteiger partial charge in [-0.2, -0.15) is 0 Å². The van der Waals surface area contributed by atoms with Crippen LogP contribution in [0.5, 0.6) is 0 Å². The lowest BCUT2D eigenvalue weighted by Crippen LogP contribution is -2.57. The lowest BCUT2D eigenvalue weighted by atomic mass is 10.1. The van der Waals surface area contributed by atoms with Gasteiger partial charge >= 0.3 is 0 Å². The smallest absolute Gasteiger partial charge is 0.290 e. The monoisotopic (exact) mass is 312 g/mol. The Bertz CT molecular complexity index is 737. The third-order valence-corrected chi connectivity index (χ3v) is 4.29. The topological polar surface area (TPSA) is 53.8 Å². The second-order valence-corrected chi connectivity index (χ2v) is 5.93. The average Bonchev–Trinajstić information content (AvgIpc) is 3.04. The van der Waals surface area contributed by atoms with Crippen LogP contribution in [0.4, 0.5) is 5.69 Å². The molecule has 5 nitrogen and oxygen atoms in total. The Balaban J connectivity index is 1.82. The minimum atomic E-state index is -0.512. The molecular formula is C18H20N2O3. The second-order valence-electron chi connectivity index (χ2n) is 5.93. The molecule has 3 rings (SSSR count). The van der Waals surface area contributed by atoms with Gasteiger partial charge in [0, 0.05) is 18.8 Å². The van der Waals surface area contributed by atoms with Crippen molar-refractivity contribution in [3.63, 3.8) is 0 Å². The van der Waals surface area contributed by atoms with Crippen LogP contribution < -0.4 is 4.90 Å². The van der Waals surface area contributed by atoms with Gasteiger partial charge in [0.15, 0.2) is 5.76 Å². The summed E-state index contributed by atoms with van der Waals surface area (Å²) in [6.07, 6.45) is 1.46. The van der Waals surface area contributed by atoms with Crippen molar-refractivity contribution in [2.75, 3.05) is 18.0 Å². The van der Waals surface area contributed by atoms with Crippen molar-refractivity contribution in [1.82, 2.24) is 4.90 Å². The zero-order valence-electron chi connectivity index (χ0n) is 13.6. The summed E-state index contributed by atoms with van der Waals surface area (Å²) in [5, 5.41) is 0. The number of piperazine rings is 1. The molecule has 23 heavy (non-hydrogen) atoms. The molecule has 0 spiro atoms. The highest BCUT2D eigenvalue weighted by molar-refractivity contribution is 6.03. The molecule has 0 unspecified atom stereocenters. The maximum absolute atomic E-state index is 12.7. The molecule has 2 aromatic rings. The maximum Gasteiger partial charge on any atom is 0.290 e. The molecular weight excluding hydrogens is 292 g/mol. The van der Waals surface area contributed by atoms with Crippen LogP contribution in [0.1, 0.15) is 28.6 Å². The minimum Gasteiger partial charge on any atom is -0.459 e. The third-order valence-electron chi connectivity index (χ3n) is 4.29. The Hall–Kier alpha value is -2.56. The summed E-state index contributed by atoms with van der Waals surface area (Å²) in [5.41, 5.74) is 3.15. The van der Waals surface area contributed by atoms with E-state index in [4.69, 9.17) is 4.42 Å². The van der Waals surface area contributed by atoms with Gasteiger partial charge in [0.25, 0.3) is 5.91 Å². The fraction of sp³-hybridized carbons (Fsp3) is 0.333. The third kappa shape index (κ3) is 2.74. The summed E-state index contributed by atoms with van der Waals surface area (Å²) in [5.74, 6) is -0.0381. The first-order valence-corrected chi connectivity index (χ1v) is 7.72. The predicted octanol–water partition coefficient (Wildman–Crippen LogP) is 2.77. The highest BCUT2D eigenvalue weighted by Gasteiger charge is 2.36. The number of rotatable bonds is 2. The Labute approximate surface area is 135 Å². The number of hydrogen-bond acceptors (Lipinski definition) is 3. The molecule has 0 bridgehead atoms. The van der Waals surface area contributed by atoms with Gasteiger partial charge in [-0.25, -0.2) is 0 Å². The summed E-state index contributed by atoms with van der Waals surface area (Å²) in [6, 6.07) is 8.82. The van der Waals surface area contributed by atoms with Crippen LogP contribution in [-0.4, -0.2) is 35.8 Å². The molecule has 5 heteroatoms. The zero-order chi connectivity index (χ0) is 16.6. The fourth-order valence-electron chi connectivity index (χ4n) is 3.04. The number of carbonyl (C=O) groups excluding carboxylic acids is 2. The van der Waals surface area contributed by atoms with E-state index in [-0.39, 0.29) is 17.6 Å². The van der Waals surface area contributed by atoms with E-state index < -0.39 is 6.04 Å². The van der Waals surface area contributed by atoms with Crippen molar-refractivity contribution in [2.45, 2.75) is 26.8 Å². The normalized spacial score (nSPS) is 18.4. The summed E-state index contributed by atoms with van der Waals surface area (Å²) >= 11 is 0. The van der Waals surface area contributed by atoms with Gasteiger partial charge in [-0.1, -0.05) is 17.7 Å². The number of hydrogen-bond donors (Lipinski definition) is 0. The van der Waals surface area contributed by atoms with Gasteiger partial charge in [0.05, 0.1) is 6.26 Å². The number of furan rings is 1. The maximum atomic E-state index is 12.7. The molecule has 1 aliphatic rings. The fourth-order valence-corrected chi connectivity index (χ4v) is 3.04. The first-order chi connectivity index (χ1) is 11.0. The van der Waals surface area contributed by atoms with Gasteiger partial charge in [-0.15, -0.1) is 0 Å². The van der Waals surface area contributed by atoms with E-state index in [1.807, 2.05) is 26.0 Å². The van der Waals surface area contributed by atoms with Crippen molar-refractivity contribution in [2.24, 2.45) is 0 Å². The first kappa shape index (κ1) is 15.3. The van der Waals surface area contributed by atoms with Crippen molar-refractivity contribution in [1.29, 1.82) is 0 Å². The summed E-state index contributed by atoms with van der Waals surface area (Å²) in [6.45, 7) is 6.76. The van der Waals surface area contributed by atoms with Crippen LogP contribution >= 0.6 is 0 Å². The number of carbonyl (C=O) groups is 2. The second kappa shape index (κ2) is 5.91. The van der Waals surface area contributed by atoms with E-state index in [1.165, 1.54) is 11.8 Å². The molecule has 120 valence electrons. The van der Waals surface area contributed by atoms with Crippen LogP contribution in [0.25, 0.3) is 0 Å². The standard InChI is InChI=1S/C18H20N2O3/c1-12-6-7-15(13(2)11-12)20-9-8-19(14(3)17(20)21)18(22)16-5-4-10-23-16/h4-7,10-11,14H,8-9H2,1-3H3/t14-/m1/s1. The Morgan fingerprint density at radius 3 is 2.65 bits per heavy atom. The van der Waals surface area contributed by atoms with Crippen LogP contribution in [0.2, 0.25) is 0 Å². The molecule has 1 fully saturated rings. The van der Waals surface area contributed by atoms with Crippen LogP contribution in [0.15, 0.2) is 41.0 Å². The lowest BCUT2D eigenvalue weighted by molar-refractivity contribution is -0.124. The molecule has 1 aliphatic heterocycles. The average molecular weight is 312 g/mol. The van der Waals surface area contributed by atoms with E-state index in [0.29, 0.717) is 13.1 Å². The summed E-state index contributed by atoms with van der Waals surface area (Å²) < 4.78 is 5.16. The molecule has 0 saturated carbocycles. The summed E-state index contributed by atoms with van der Waals surface area (Å²) in [4.78, 5) is 28.5. The molecule has 1 saturated heterocycles. The Morgan fingerprint density at radius 2 is 2.00 bits per heavy atom. The lowest BCUT2D eigenvalue weighted by Gasteiger charge is -2.39. The van der Waals surface area contributed by atoms with Crippen molar-refractivity contribution >= 4 is 17.5 Å². The Morgan fingerprint density at radius 1 is 1.22 bits per heavy atom. The quantitative estimate of drug-likeness (QED) is 0.857. The van der Waals surface area contributed by atoms with Gasteiger partial charge in [0.2, 0.25) is 5.91 Å². The van der Waals surface area contributed by atoms with E-state index in [2.05, 4.69) is 6.07 Å². The molecule has 1 atom stereocenters.